The zero-order valence-electron chi connectivity index (χ0n) is 12.9. The Bertz CT molecular complexity index is 612. The quantitative estimate of drug-likeness (QED) is 0.827. The van der Waals surface area contributed by atoms with E-state index in [0.29, 0.717) is 10.5 Å². The molecule has 1 N–H and O–H groups in total. The van der Waals surface area contributed by atoms with Gasteiger partial charge in [0.05, 0.1) is 6.10 Å². The van der Waals surface area contributed by atoms with Crippen LogP contribution in [0.15, 0.2) is 52.3 Å². The number of hydrogen-bond donors (Lipinski definition) is 1. The molecule has 0 aliphatic rings. The van der Waals surface area contributed by atoms with Crippen molar-refractivity contribution in [1.82, 2.24) is 0 Å². The van der Waals surface area contributed by atoms with Crippen LogP contribution in [0.1, 0.15) is 44.9 Å². The maximum absolute atomic E-state index is 14.0. The molecule has 3 heteroatoms. The molecule has 112 valence electrons. The predicted octanol–water partition coefficient (Wildman–Crippen LogP) is 5.33. The fourth-order valence-electron chi connectivity index (χ4n) is 2.01. The first kappa shape index (κ1) is 16.1. The number of halogens is 1. The van der Waals surface area contributed by atoms with E-state index < -0.39 is 6.10 Å². The third kappa shape index (κ3) is 4.08. The topological polar surface area (TPSA) is 20.2 Å². The van der Waals surface area contributed by atoms with Crippen LogP contribution < -0.4 is 0 Å². The Kier molecular flexibility index (Phi) is 4.74. The minimum atomic E-state index is -0.649. The second kappa shape index (κ2) is 6.20. The first-order valence-electron chi connectivity index (χ1n) is 7.03. The lowest BCUT2D eigenvalue weighted by atomic mass is 9.87. The Morgan fingerprint density at radius 2 is 1.67 bits per heavy atom. The standard InChI is InChI=1S/C18H21FOS/c1-12(20)13-5-10-17(16(19)11-13)21-15-8-6-14(7-9-15)18(2,3)4/h5-12,20H,1-4H3/t12-/m0/s1. The van der Waals surface area contributed by atoms with E-state index in [0.717, 1.165) is 4.90 Å². The van der Waals surface area contributed by atoms with Crippen molar-refractivity contribution in [3.05, 3.63) is 59.4 Å². The molecule has 0 saturated heterocycles. The number of aliphatic hydroxyl groups is 1. The van der Waals surface area contributed by atoms with Gasteiger partial charge < -0.3 is 5.11 Å². The highest BCUT2D eigenvalue weighted by atomic mass is 32.2. The summed E-state index contributed by atoms with van der Waals surface area (Å²) in [5.74, 6) is -0.293. The largest absolute Gasteiger partial charge is 0.389 e. The minimum Gasteiger partial charge on any atom is -0.389 e. The van der Waals surface area contributed by atoms with Crippen LogP contribution in [0.5, 0.6) is 0 Å². The summed E-state index contributed by atoms with van der Waals surface area (Å²) in [7, 11) is 0. The second-order valence-corrected chi connectivity index (χ2v) is 7.36. The van der Waals surface area contributed by atoms with E-state index in [1.54, 1.807) is 19.1 Å². The summed E-state index contributed by atoms with van der Waals surface area (Å²) in [6, 6.07) is 13.1. The average molecular weight is 304 g/mol. The van der Waals surface area contributed by atoms with E-state index in [9.17, 15) is 9.50 Å². The van der Waals surface area contributed by atoms with Gasteiger partial charge in [0, 0.05) is 9.79 Å². The normalized spacial score (nSPS) is 13.2. The third-order valence-electron chi connectivity index (χ3n) is 3.39. The van der Waals surface area contributed by atoms with Gasteiger partial charge in [-0.2, -0.15) is 0 Å². The predicted molar refractivity (Wildman–Crippen MR) is 86.3 cm³/mol. The lowest BCUT2D eigenvalue weighted by Crippen LogP contribution is -2.10. The highest BCUT2D eigenvalue weighted by Gasteiger charge is 2.13. The lowest BCUT2D eigenvalue weighted by Gasteiger charge is -2.19. The molecule has 0 heterocycles. The molecule has 1 nitrogen and oxygen atoms in total. The van der Waals surface area contributed by atoms with Crippen LogP contribution in [0.3, 0.4) is 0 Å². The van der Waals surface area contributed by atoms with Crippen molar-refractivity contribution in [2.24, 2.45) is 0 Å². The lowest BCUT2D eigenvalue weighted by molar-refractivity contribution is 0.198. The summed E-state index contributed by atoms with van der Waals surface area (Å²) < 4.78 is 14.0. The molecule has 0 saturated carbocycles. The number of aliphatic hydroxyl groups excluding tert-OH is 1. The third-order valence-corrected chi connectivity index (χ3v) is 4.45. The molecule has 0 bridgehead atoms. The molecule has 0 aliphatic heterocycles. The zero-order chi connectivity index (χ0) is 15.6. The van der Waals surface area contributed by atoms with Crippen LogP contribution in [-0.2, 0) is 5.41 Å². The molecular formula is C18H21FOS. The number of hydrogen-bond acceptors (Lipinski definition) is 2. The van der Waals surface area contributed by atoms with Crippen molar-refractivity contribution in [2.75, 3.05) is 0 Å². The van der Waals surface area contributed by atoms with E-state index >= 15 is 0 Å². The minimum absolute atomic E-state index is 0.118. The van der Waals surface area contributed by atoms with E-state index in [2.05, 4.69) is 32.9 Å². The zero-order valence-corrected chi connectivity index (χ0v) is 13.7. The van der Waals surface area contributed by atoms with Crippen LogP contribution >= 0.6 is 11.8 Å². The van der Waals surface area contributed by atoms with Gasteiger partial charge in [-0.3, -0.25) is 0 Å². The first-order chi connectivity index (χ1) is 9.77. The number of benzene rings is 2. The molecule has 1 atom stereocenters. The fourth-order valence-corrected chi connectivity index (χ4v) is 2.83. The number of rotatable bonds is 3. The van der Waals surface area contributed by atoms with Gasteiger partial charge in [-0.05, 0) is 47.7 Å². The Morgan fingerprint density at radius 1 is 1.05 bits per heavy atom. The molecule has 2 aromatic rings. The second-order valence-electron chi connectivity index (χ2n) is 6.24. The molecule has 0 aliphatic carbocycles. The summed E-state index contributed by atoms with van der Waals surface area (Å²) >= 11 is 1.40. The van der Waals surface area contributed by atoms with E-state index in [1.807, 2.05) is 12.1 Å². The molecule has 0 amide bonds. The maximum atomic E-state index is 14.0. The molecule has 2 aromatic carbocycles. The van der Waals surface area contributed by atoms with Crippen molar-refractivity contribution < 1.29 is 9.50 Å². The Labute approximate surface area is 130 Å². The molecule has 2 rings (SSSR count). The van der Waals surface area contributed by atoms with E-state index in [1.165, 1.54) is 23.4 Å². The van der Waals surface area contributed by atoms with Gasteiger partial charge in [-0.15, -0.1) is 0 Å². The van der Waals surface area contributed by atoms with Crippen molar-refractivity contribution in [2.45, 2.75) is 49.0 Å². The van der Waals surface area contributed by atoms with Gasteiger partial charge in [0.25, 0.3) is 0 Å². The smallest absolute Gasteiger partial charge is 0.137 e. The Hall–Kier alpha value is -1.32. The average Bonchev–Trinajstić information content (AvgIpc) is 2.40. The van der Waals surface area contributed by atoms with Crippen molar-refractivity contribution in [1.29, 1.82) is 0 Å². The van der Waals surface area contributed by atoms with Gasteiger partial charge >= 0.3 is 0 Å². The first-order valence-corrected chi connectivity index (χ1v) is 7.85. The molecule has 0 radical (unpaired) electrons. The summed E-state index contributed by atoms with van der Waals surface area (Å²) in [4.78, 5) is 1.58. The summed E-state index contributed by atoms with van der Waals surface area (Å²) in [5.41, 5.74) is 1.98. The van der Waals surface area contributed by atoms with Crippen molar-refractivity contribution in [3.63, 3.8) is 0 Å². The van der Waals surface area contributed by atoms with Crippen LogP contribution in [0.2, 0.25) is 0 Å². The van der Waals surface area contributed by atoms with Crippen LogP contribution in [0.25, 0.3) is 0 Å². The van der Waals surface area contributed by atoms with Gasteiger partial charge in [0.15, 0.2) is 0 Å². The fraction of sp³-hybridized carbons (Fsp3) is 0.333. The van der Waals surface area contributed by atoms with Gasteiger partial charge in [0.2, 0.25) is 0 Å². The monoisotopic (exact) mass is 304 g/mol. The SMILES string of the molecule is C[C@H](O)c1ccc(Sc2ccc(C(C)(C)C)cc2)c(F)c1. The highest BCUT2D eigenvalue weighted by molar-refractivity contribution is 7.99. The molecular weight excluding hydrogens is 283 g/mol. The van der Waals surface area contributed by atoms with Crippen molar-refractivity contribution >= 4 is 11.8 Å². The molecule has 0 fully saturated rings. The Morgan fingerprint density at radius 3 is 2.14 bits per heavy atom. The van der Waals surface area contributed by atoms with Gasteiger partial charge in [-0.25, -0.2) is 4.39 Å². The van der Waals surface area contributed by atoms with Crippen LogP contribution in [0, 0.1) is 5.82 Å². The summed E-state index contributed by atoms with van der Waals surface area (Å²) in [6.45, 7) is 8.14. The molecule has 0 unspecified atom stereocenters. The van der Waals surface area contributed by atoms with Gasteiger partial charge in [-0.1, -0.05) is 50.7 Å². The van der Waals surface area contributed by atoms with Crippen molar-refractivity contribution in [3.8, 4) is 0 Å². The van der Waals surface area contributed by atoms with E-state index in [4.69, 9.17) is 0 Å². The Balaban J connectivity index is 2.19. The van der Waals surface area contributed by atoms with Gasteiger partial charge in [0.1, 0.15) is 5.82 Å². The molecule has 0 aromatic heterocycles. The summed E-state index contributed by atoms with van der Waals surface area (Å²) in [6.07, 6.45) is -0.649. The summed E-state index contributed by atoms with van der Waals surface area (Å²) in [5, 5.41) is 9.46. The van der Waals surface area contributed by atoms with Crippen LogP contribution in [0.4, 0.5) is 4.39 Å². The van der Waals surface area contributed by atoms with Crippen LogP contribution in [-0.4, -0.2) is 5.11 Å². The molecule has 0 spiro atoms. The highest BCUT2D eigenvalue weighted by Crippen LogP contribution is 2.32. The maximum Gasteiger partial charge on any atom is 0.137 e. The molecule has 21 heavy (non-hydrogen) atoms. The van der Waals surface area contributed by atoms with E-state index in [-0.39, 0.29) is 11.2 Å².